The van der Waals surface area contributed by atoms with E-state index in [0.717, 1.165) is 17.8 Å². The first-order valence-electron chi connectivity index (χ1n) is 8.86. The zero-order valence-corrected chi connectivity index (χ0v) is 15.9. The molecule has 0 aliphatic rings. The lowest BCUT2D eigenvalue weighted by molar-refractivity contribution is 0.589. The summed E-state index contributed by atoms with van der Waals surface area (Å²) in [5.74, 6) is 0. The van der Waals surface area contributed by atoms with Gasteiger partial charge in [0.05, 0.1) is 12.2 Å². The van der Waals surface area contributed by atoms with E-state index in [1.54, 1.807) is 10.9 Å². The number of nitrogens with zero attached hydrogens (tertiary/aromatic N) is 3. The fourth-order valence-electron chi connectivity index (χ4n) is 2.88. The van der Waals surface area contributed by atoms with Crippen LogP contribution in [0.5, 0.6) is 0 Å². The molecule has 0 saturated carbocycles. The molecule has 2 aromatic carbocycles. The summed E-state index contributed by atoms with van der Waals surface area (Å²) >= 11 is 0. The zero-order valence-electron chi connectivity index (χ0n) is 15.9. The fourth-order valence-corrected chi connectivity index (χ4v) is 2.88. The van der Waals surface area contributed by atoms with Crippen LogP contribution in [0.4, 0.5) is 0 Å². The van der Waals surface area contributed by atoms with Gasteiger partial charge in [-0.05, 0) is 41.3 Å². The van der Waals surface area contributed by atoms with Crippen molar-refractivity contribution < 1.29 is 0 Å². The van der Waals surface area contributed by atoms with E-state index in [4.69, 9.17) is 0 Å². The number of nitrogens with one attached hydrogen (secondary N) is 1. The lowest BCUT2D eigenvalue weighted by Gasteiger charge is -2.19. The minimum Gasteiger partial charge on any atom is -0.316 e. The molecular formula is C21H26N4O. The van der Waals surface area contributed by atoms with Crippen LogP contribution in [0, 0.1) is 0 Å². The Morgan fingerprint density at radius 1 is 0.962 bits per heavy atom. The van der Waals surface area contributed by atoms with E-state index in [1.165, 1.54) is 15.8 Å². The highest BCUT2D eigenvalue weighted by molar-refractivity contribution is 5.34. The Morgan fingerprint density at radius 2 is 1.58 bits per heavy atom. The minimum absolute atomic E-state index is 0.121. The summed E-state index contributed by atoms with van der Waals surface area (Å²) in [5.41, 5.74) is 4.33. The van der Waals surface area contributed by atoms with Crippen molar-refractivity contribution in [2.24, 2.45) is 0 Å². The Morgan fingerprint density at radius 3 is 2.15 bits per heavy atom. The molecule has 5 heteroatoms. The van der Waals surface area contributed by atoms with Gasteiger partial charge in [-0.25, -0.2) is 14.0 Å². The summed E-state index contributed by atoms with van der Waals surface area (Å²) in [5, 5.41) is 7.39. The molecule has 26 heavy (non-hydrogen) atoms. The lowest BCUT2D eigenvalue weighted by Crippen LogP contribution is -2.24. The van der Waals surface area contributed by atoms with Crippen molar-refractivity contribution in [2.75, 3.05) is 7.05 Å². The molecule has 5 nitrogen and oxygen atoms in total. The molecule has 0 unspecified atom stereocenters. The van der Waals surface area contributed by atoms with Crippen LogP contribution in [0.3, 0.4) is 0 Å². The van der Waals surface area contributed by atoms with Crippen LogP contribution in [0.2, 0.25) is 0 Å². The van der Waals surface area contributed by atoms with Gasteiger partial charge in [0.15, 0.2) is 0 Å². The van der Waals surface area contributed by atoms with Gasteiger partial charge in [0.1, 0.15) is 6.33 Å². The van der Waals surface area contributed by atoms with E-state index in [0.29, 0.717) is 6.54 Å². The second-order valence-electron chi connectivity index (χ2n) is 7.58. The number of aromatic nitrogens is 3. The fraction of sp³-hybridized carbons (Fsp3) is 0.333. The van der Waals surface area contributed by atoms with Gasteiger partial charge in [-0.2, -0.15) is 5.10 Å². The molecule has 0 bridgehead atoms. The number of hydrogen-bond acceptors (Lipinski definition) is 3. The number of rotatable bonds is 5. The van der Waals surface area contributed by atoms with Crippen LogP contribution in [0.25, 0.3) is 5.69 Å². The summed E-state index contributed by atoms with van der Waals surface area (Å²) in [6.07, 6.45) is 1.58. The third kappa shape index (κ3) is 3.94. The normalized spacial score (nSPS) is 11.7. The van der Waals surface area contributed by atoms with Crippen molar-refractivity contribution in [3.8, 4) is 5.69 Å². The standard InChI is InChI=1S/C21H26N4O/c1-21(2,3)18-9-5-17(6-10-18)14-25-20(26)24(15-23-25)19-11-7-16(8-12-19)13-22-4/h5-12,15,22H,13-14H2,1-4H3. The summed E-state index contributed by atoms with van der Waals surface area (Å²) in [6.45, 7) is 7.84. The predicted octanol–water partition coefficient (Wildman–Crippen LogP) is 3.10. The maximum Gasteiger partial charge on any atom is 0.350 e. The third-order valence-corrected chi connectivity index (χ3v) is 4.48. The van der Waals surface area contributed by atoms with Crippen molar-refractivity contribution in [1.29, 1.82) is 0 Å². The van der Waals surface area contributed by atoms with Crippen LogP contribution in [0.15, 0.2) is 59.7 Å². The summed E-state index contributed by atoms with van der Waals surface area (Å²) in [6, 6.07) is 16.3. The van der Waals surface area contributed by atoms with Gasteiger partial charge in [-0.1, -0.05) is 57.2 Å². The highest BCUT2D eigenvalue weighted by atomic mass is 16.2. The largest absolute Gasteiger partial charge is 0.350 e. The van der Waals surface area contributed by atoms with Gasteiger partial charge in [0.2, 0.25) is 0 Å². The van der Waals surface area contributed by atoms with Crippen molar-refractivity contribution >= 4 is 0 Å². The Kier molecular flexibility index (Phi) is 5.09. The van der Waals surface area contributed by atoms with E-state index in [9.17, 15) is 4.79 Å². The highest BCUT2D eigenvalue weighted by Crippen LogP contribution is 2.22. The summed E-state index contributed by atoms with van der Waals surface area (Å²) < 4.78 is 3.07. The van der Waals surface area contributed by atoms with Gasteiger partial charge < -0.3 is 5.32 Å². The monoisotopic (exact) mass is 350 g/mol. The molecule has 1 aromatic heterocycles. The first kappa shape index (κ1) is 18.1. The molecule has 0 radical (unpaired) electrons. The summed E-state index contributed by atoms with van der Waals surface area (Å²) in [7, 11) is 1.91. The van der Waals surface area contributed by atoms with E-state index < -0.39 is 0 Å². The first-order chi connectivity index (χ1) is 12.4. The average molecular weight is 350 g/mol. The SMILES string of the molecule is CNCc1ccc(-n2cnn(Cc3ccc(C(C)(C)C)cc3)c2=O)cc1. The van der Waals surface area contributed by atoms with E-state index in [2.05, 4.69) is 55.5 Å². The average Bonchev–Trinajstić information content (AvgIpc) is 2.96. The molecule has 0 amide bonds. The van der Waals surface area contributed by atoms with Crippen LogP contribution < -0.4 is 11.0 Å². The van der Waals surface area contributed by atoms with E-state index >= 15 is 0 Å². The smallest absolute Gasteiger partial charge is 0.316 e. The quantitative estimate of drug-likeness (QED) is 0.769. The molecule has 3 rings (SSSR count). The van der Waals surface area contributed by atoms with E-state index in [1.807, 2.05) is 31.3 Å². The highest BCUT2D eigenvalue weighted by Gasteiger charge is 2.13. The molecule has 3 aromatic rings. The molecule has 0 spiro atoms. The molecule has 0 aliphatic carbocycles. The zero-order chi connectivity index (χ0) is 18.7. The Bertz CT molecular complexity index is 912. The first-order valence-corrected chi connectivity index (χ1v) is 8.86. The van der Waals surface area contributed by atoms with Crippen molar-refractivity contribution in [3.05, 3.63) is 82.0 Å². The van der Waals surface area contributed by atoms with Gasteiger partial charge in [0, 0.05) is 6.54 Å². The molecule has 1 N–H and O–H groups in total. The Hall–Kier alpha value is -2.66. The van der Waals surface area contributed by atoms with Crippen molar-refractivity contribution in [3.63, 3.8) is 0 Å². The van der Waals surface area contributed by atoms with Crippen LogP contribution in [-0.4, -0.2) is 21.4 Å². The van der Waals surface area contributed by atoms with E-state index in [-0.39, 0.29) is 11.1 Å². The second-order valence-corrected chi connectivity index (χ2v) is 7.58. The molecule has 0 fully saturated rings. The molecule has 0 aliphatic heterocycles. The predicted molar refractivity (Wildman–Crippen MR) is 105 cm³/mol. The minimum atomic E-state index is -0.133. The maximum atomic E-state index is 12.7. The lowest BCUT2D eigenvalue weighted by atomic mass is 9.87. The molecule has 0 atom stereocenters. The molecular weight excluding hydrogens is 324 g/mol. The van der Waals surface area contributed by atoms with Gasteiger partial charge >= 0.3 is 5.69 Å². The van der Waals surface area contributed by atoms with Crippen LogP contribution in [-0.2, 0) is 18.5 Å². The van der Waals surface area contributed by atoms with Crippen LogP contribution >= 0.6 is 0 Å². The number of benzene rings is 2. The molecule has 1 heterocycles. The molecule has 136 valence electrons. The Labute approximate surface area is 154 Å². The number of hydrogen-bond donors (Lipinski definition) is 1. The van der Waals surface area contributed by atoms with Gasteiger partial charge in [0.25, 0.3) is 0 Å². The van der Waals surface area contributed by atoms with Crippen molar-refractivity contribution in [2.45, 2.75) is 39.3 Å². The maximum absolute atomic E-state index is 12.7. The second kappa shape index (κ2) is 7.30. The van der Waals surface area contributed by atoms with Gasteiger partial charge in [-0.3, -0.25) is 0 Å². The molecule has 0 saturated heterocycles. The van der Waals surface area contributed by atoms with Crippen LogP contribution in [0.1, 0.15) is 37.5 Å². The van der Waals surface area contributed by atoms with Crippen molar-refractivity contribution in [1.82, 2.24) is 19.7 Å². The van der Waals surface area contributed by atoms with Gasteiger partial charge in [-0.15, -0.1) is 0 Å². The third-order valence-electron chi connectivity index (χ3n) is 4.48. The topological polar surface area (TPSA) is 51.9 Å². The Balaban J connectivity index is 1.80. The summed E-state index contributed by atoms with van der Waals surface area (Å²) in [4.78, 5) is 12.7.